The fraction of sp³-hybridized carbons (Fsp3) is 0.368. The lowest BCUT2D eigenvalue weighted by Crippen LogP contribution is -2.54. The first-order valence-electron chi connectivity index (χ1n) is 8.49. The standard InChI is InChI=1S/C19H18N2O4/c22-15-5-1-13(2-6-15)20-17(24)9-11-19(20)12-10-18(25)21(19)14-3-7-16(23)8-4-14/h1-5,7H,6,8-12H2. The molecule has 2 fully saturated rings. The largest absolute Gasteiger partial charge is 0.295 e. The van der Waals surface area contributed by atoms with Crippen LogP contribution >= 0.6 is 0 Å². The van der Waals surface area contributed by atoms with E-state index >= 15 is 0 Å². The monoisotopic (exact) mass is 338 g/mol. The second kappa shape index (κ2) is 5.65. The summed E-state index contributed by atoms with van der Waals surface area (Å²) in [5.41, 5.74) is 0.623. The van der Waals surface area contributed by atoms with Crippen LogP contribution in [-0.4, -0.2) is 38.8 Å². The number of carbonyl (C=O) groups is 4. The van der Waals surface area contributed by atoms with E-state index < -0.39 is 5.66 Å². The molecule has 0 aromatic rings. The Balaban J connectivity index is 1.75. The van der Waals surface area contributed by atoms with Gasteiger partial charge in [0.2, 0.25) is 11.8 Å². The third-order valence-electron chi connectivity index (χ3n) is 5.23. The number of carbonyl (C=O) groups excluding carboxylic acids is 4. The van der Waals surface area contributed by atoms with Crippen LogP contribution in [0.3, 0.4) is 0 Å². The molecule has 0 atom stereocenters. The Morgan fingerprint density at radius 1 is 0.680 bits per heavy atom. The summed E-state index contributed by atoms with van der Waals surface area (Å²) in [5.74, 6) is -0.0803. The number of ketones is 2. The highest BCUT2D eigenvalue weighted by Gasteiger charge is 2.56. The second-order valence-electron chi connectivity index (χ2n) is 6.71. The zero-order chi connectivity index (χ0) is 17.6. The molecule has 0 aromatic carbocycles. The third kappa shape index (κ3) is 2.40. The summed E-state index contributed by atoms with van der Waals surface area (Å²) < 4.78 is 0. The molecule has 2 aliphatic heterocycles. The second-order valence-corrected chi connectivity index (χ2v) is 6.71. The van der Waals surface area contributed by atoms with E-state index in [1.54, 1.807) is 34.1 Å². The van der Waals surface area contributed by atoms with Crippen molar-refractivity contribution in [2.75, 3.05) is 0 Å². The van der Waals surface area contributed by atoms with Crippen molar-refractivity contribution in [2.24, 2.45) is 0 Å². The van der Waals surface area contributed by atoms with E-state index in [-0.39, 0.29) is 36.2 Å². The highest BCUT2D eigenvalue weighted by Crippen LogP contribution is 2.47. The average molecular weight is 338 g/mol. The molecule has 0 aromatic heterocycles. The molecule has 0 unspecified atom stereocenters. The summed E-state index contributed by atoms with van der Waals surface area (Å²) >= 11 is 0. The van der Waals surface area contributed by atoms with Crippen molar-refractivity contribution < 1.29 is 19.2 Å². The summed E-state index contributed by atoms with van der Waals surface area (Å²) in [7, 11) is 0. The number of nitrogens with zero attached hydrogens (tertiary/aromatic N) is 2. The van der Waals surface area contributed by atoms with E-state index in [1.165, 1.54) is 12.2 Å². The van der Waals surface area contributed by atoms with Crippen molar-refractivity contribution in [3.8, 4) is 0 Å². The molecule has 2 amide bonds. The van der Waals surface area contributed by atoms with Crippen LogP contribution in [0.2, 0.25) is 0 Å². The van der Waals surface area contributed by atoms with Gasteiger partial charge in [-0.1, -0.05) is 12.2 Å². The topological polar surface area (TPSA) is 74.8 Å². The molecule has 2 heterocycles. The molecule has 4 aliphatic rings. The Morgan fingerprint density at radius 3 is 1.48 bits per heavy atom. The zero-order valence-corrected chi connectivity index (χ0v) is 13.7. The van der Waals surface area contributed by atoms with Gasteiger partial charge in [-0.25, -0.2) is 0 Å². The van der Waals surface area contributed by atoms with Crippen molar-refractivity contribution in [2.45, 2.75) is 44.2 Å². The molecular formula is C19H18N2O4. The average Bonchev–Trinajstić information content (AvgIpc) is 3.10. The van der Waals surface area contributed by atoms with E-state index in [4.69, 9.17) is 0 Å². The minimum atomic E-state index is -0.735. The molecule has 128 valence electrons. The Labute approximate surface area is 145 Å². The summed E-state index contributed by atoms with van der Waals surface area (Å²) in [6.07, 6.45) is 12.1. The minimum absolute atomic E-state index is 0.000218. The predicted molar refractivity (Wildman–Crippen MR) is 88.6 cm³/mol. The summed E-state index contributed by atoms with van der Waals surface area (Å²) in [6, 6.07) is 0. The summed E-state index contributed by atoms with van der Waals surface area (Å²) in [4.78, 5) is 51.6. The van der Waals surface area contributed by atoms with Gasteiger partial charge in [0, 0.05) is 37.1 Å². The summed E-state index contributed by atoms with van der Waals surface area (Å²) in [6.45, 7) is 0. The number of likely N-dealkylation sites (tertiary alicyclic amines) is 2. The smallest absolute Gasteiger partial charge is 0.229 e. The first-order valence-corrected chi connectivity index (χ1v) is 8.49. The first kappa shape index (κ1) is 15.7. The molecular weight excluding hydrogens is 320 g/mol. The van der Waals surface area contributed by atoms with Gasteiger partial charge in [-0.2, -0.15) is 0 Å². The maximum absolute atomic E-state index is 12.6. The van der Waals surface area contributed by atoms with Crippen LogP contribution in [0.1, 0.15) is 38.5 Å². The van der Waals surface area contributed by atoms with Gasteiger partial charge in [-0.15, -0.1) is 0 Å². The van der Waals surface area contributed by atoms with E-state index in [9.17, 15) is 19.2 Å². The molecule has 4 rings (SSSR count). The van der Waals surface area contributed by atoms with Crippen molar-refractivity contribution in [3.63, 3.8) is 0 Å². The maximum Gasteiger partial charge on any atom is 0.229 e. The molecule has 2 aliphatic carbocycles. The van der Waals surface area contributed by atoms with Crippen molar-refractivity contribution in [1.29, 1.82) is 0 Å². The van der Waals surface area contributed by atoms with Gasteiger partial charge in [0.25, 0.3) is 0 Å². The van der Waals surface area contributed by atoms with E-state index in [2.05, 4.69) is 0 Å². The van der Waals surface area contributed by atoms with Gasteiger partial charge < -0.3 is 0 Å². The number of allylic oxidation sites excluding steroid dienone is 6. The van der Waals surface area contributed by atoms with Gasteiger partial charge in [0.1, 0.15) is 5.66 Å². The van der Waals surface area contributed by atoms with Crippen molar-refractivity contribution >= 4 is 23.4 Å². The van der Waals surface area contributed by atoms with Crippen LogP contribution in [0, 0.1) is 0 Å². The SMILES string of the molecule is O=C1C=CC(N2C(=O)CCC23CCC(=O)N3C2=CCC(=O)C=C2)=CC1. The van der Waals surface area contributed by atoms with Crippen LogP contribution < -0.4 is 0 Å². The Hall–Kier alpha value is -2.76. The molecule has 6 nitrogen and oxygen atoms in total. The van der Waals surface area contributed by atoms with Gasteiger partial charge in [-0.3, -0.25) is 29.0 Å². The van der Waals surface area contributed by atoms with E-state index in [0.29, 0.717) is 37.1 Å². The molecule has 25 heavy (non-hydrogen) atoms. The fourth-order valence-corrected chi connectivity index (χ4v) is 4.11. The zero-order valence-electron chi connectivity index (χ0n) is 13.7. The number of amides is 2. The molecule has 6 heteroatoms. The van der Waals surface area contributed by atoms with Crippen molar-refractivity contribution in [3.05, 3.63) is 47.9 Å². The lowest BCUT2D eigenvalue weighted by atomic mass is 10.00. The van der Waals surface area contributed by atoms with E-state index in [0.717, 1.165) is 0 Å². The van der Waals surface area contributed by atoms with Crippen LogP contribution in [0.25, 0.3) is 0 Å². The Kier molecular flexibility index (Phi) is 3.56. The maximum atomic E-state index is 12.6. The van der Waals surface area contributed by atoms with Gasteiger partial charge in [0.15, 0.2) is 11.6 Å². The lowest BCUT2D eigenvalue weighted by Gasteiger charge is -2.43. The molecule has 2 saturated heterocycles. The normalized spacial score (nSPS) is 25.3. The molecule has 0 N–H and O–H groups in total. The number of rotatable bonds is 2. The highest BCUT2D eigenvalue weighted by molar-refractivity contribution is 5.95. The van der Waals surface area contributed by atoms with Gasteiger partial charge >= 0.3 is 0 Å². The number of hydrogen-bond donors (Lipinski definition) is 0. The minimum Gasteiger partial charge on any atom is -0.295 e. The van der Waals surface area contributed by atoms with Crippen LogP contribution in [-0.2, 0) is 19.2 Å². The Morgan fingerprint density at radius 2 is 1.12 bits per heavy atom. The van der Waals surface area contributed by atoms with Crippen molar-refractivity contribution in [1.82, 2.24) is 9.80 Å². The molecule has 0 saturated carbocycles. The Bertz CT molecular complexity index is 747. The van der Waals surface area contributed by atoms with E-state index in [1.807, 2.05) is 0 Å². The fourth-order valence-electron chi connectivity index (χ4n) is 4.11. The summed E-state index contributed by atoms with van der Waals surface area (Å²) in [5, 5.41) is 0. The third-order valence-corrected chi connectivity index (χ3v) is 5.23. The van der Waals surface area contributed by atoms with Crippen LogP contribution in [0.5, 0.6) is 0 Å². The number of hydrogen-bond acceptors (Lipinski definition) is 4. The van der Waals surface area contributed by atoms with Crippen LogP contribution in [0.15, 0.2) is 47.9 Å². The first-order chi connectivity index (χ1) is 12.0. The lowest BCUT2D eigenvalue weighted by molar-refractivity contribution is -0.137. The van der Waals surface area contributed by atoms with Gasteiger partial charge in [0.05, 0.1) is 0 Å². The quantitative estimate of drug-likeness (QED) is 0.769. The molecule has 0 radical (unpaired) electrons. The van der Waals surface area contributed by atoms with Crippen LogP contribution in [0.4, 0.5) is 0 Å². The highest BCUT2D eigenvalue weighted by atomic mass is 16.2. The molecule has 1 spiro atoms. The van der Waals surface area contributed by atoms with Gasteiger partial charge in [-0.05, 0) is 37.1 Å². The predicted octanol–water partition coefficient (Wildman–Crippen LogP) is 1.75. The molecule has 0 bridgehead atoms.